The van der Waals surface area contributed by atoms with Crippen LogP contribution in [-0.4, -0.2) is 42.8 Å². The molecule has 0 fully saturated rings. The molecule has 2 aromatic rings. The van der Waals surface area contributed by atoms with E-state index in [-0.39, 0.29) is 24.2 Å². The predicted octanol–water partition coefficient (Wildman–Crippen LogP) is 4.70. The van der Waals surface area contributed by atoms with Gasteiger partial charge in [-0.1, -0.05) is 61.9 Å². The number of fused-ring (bicyclic) bond motifs is 3. The van der Waals surface area contributed by atoms with Gasteiger partial charge in [0.1, 0.15) is 6.61 Å². The summed E-state index contributed by atoms with van der Waals surface area (Å²) in [5.41, 5.74) is 4.77. The van der Waals surface area contributed by atoms with E-state index in [1.54, 1.807) is 0 Å². The van der Waals surface area contributed by atoms with Crippen molar-refractivity contribution in [1.29, 1.82) is 0 Å². The molecule has 0 radical (unpaired) electrons. The summed E-state index contributed by atoms with van der Waals surface area (Å²) >= 11 is 0. The number of carboxylic acid groups (broad SMARTS) is 1. The molecule has 1 atom stereocenters. The number of amides is 2. The van der Waals surface area contributed by atoms with Crippen LogP contribution < -0.4 is 10.6 Å². The quantitative estimate of drug-likeness (QED) is 0.371. The number of benzene rings is 2. The molecule has 7 heteroatoms. The number of ether oxygens (including phenoxy) is 1. The normalized spacial score (nSPS) is 13.0. The molecule has 0 heterocycles. The zero-order valence-electron chi connectivity index (χ0n) is 19.7. The Labute approximate surface area is 200 Å². The fourth-order valence-corrected chi connectivity index (χ4v) is 4.28. The number of nitrogens with one attached hydrogen (secondary N) is 2. The molecule has 0 spiro atoms. The van der Waals surface area contributed by atoms with Gasteiger partial charge in [0.25, 0.3) is 0 Å². The Balaban J connectivity index is 1.28. The van der Waals surface area contributed by atoms with Crippen LogP contribution in [0.3, 0.4) is 0 Å². The maximum atomic E-state index is 12.2. The van der Waals surface area contributed by atoms with Crippen LogP contribution in [-0.2, 0) is 14.3 Å². The van der Waals surface area contributed by atoms with Crippen molar-refractivity contribution in [2.45, 2.75) is 51.4 Å². The van der Waals surface area contributed by atoms with Crippen LogP contribution in [0.5, 0.6) is 0 Å². The molecule has 7 nitrogen and oxygen atoms in total. The van der Waals surface area contributed by atoms with Gasteiger partial charge in [0.05, 0.1) is 0 Å². The van der Waals surface area contributed by atoms with Crippen LogP contribution in [0.4, 0.5) is 4.79 Å². The number of alkyl carbamates (subject to hydrolysis) is 1. The third-order valence-electron chi connectivity index (χ3n) is 6.19. The van der Waals surface area contributed by atoms with Gasteiger partial charge in [-0.25, -0.2) is 4.79 Å². The van der Waals surface area contributed by atoms with Crippen LogP contribution >= 0.6 is 0 Å². The first-order chi connectivity index (χ1) is 16.5. The predicted molar refractivity (Wildman–Crippen MR) is 131 cm³/mol. The summed E-state index contributed by atoms with van der Waals surface area (Å²) in [7, 11) is 0. The first-order valence-corrected chi connectivity index (χ1v) is 12.0. The molecule has 0 bridgehead atoms. The number of unbranched alkanes of at least 4 members (excludes halogenated alkanes) is 2. The maximum absolute atomic E-state index is 12.2. The largest absolute Gasteiger partial charge is 0.481 e. The highest BCUT2D eigenvalue weighted by Crippen LogP contribution is 2.44. The van der Waals surface area contributed by atoms with E-state index in [0.717, 1.165) is 19.3 Å². The van der Waals surface area contributed by atoms with Gasteiger partial charge in [-0.15, -0.1) is 0 Å². The standard InChI is InChI=1S/C27H34N2O5/c1-19(14-15-26(31)32)17-29-25(30)13-3-2-8-16-28-27(33)34-18-24-22-11-6-4-9-20(22)21-10-5-7-12-23(21)24/h4-7,9-12,19,24H,2-3,8,13-18H2,1H3,(H,28,33)(H,29,30)(H,31,32). The van der Waals surface area contributed by atoms with Crippen LogP contribution in [0, 0.1) is 5.92 Å². The SMILES string of the molecule is CC(CCC(=O)O)CNC(=O)CCCCCNC(=O)OCC1c2ccccc2-c2ccccc21. The summed E-state index contributed by atoms with van der Waals surface area (Å²) in [5.74, 6) is -0.651. The molecular weight excluding hydrogens is 432 g/mol. The van der Waals surface area contributed by atoms with Crippen LogP contribution in [0.25, 0.3) is 11.1 Å². The van der Waals surface area contributed by atoms with Crippen molar-refractivity contribution in [3.8, 4) is 11.1 Å². The molecule has 182 valence electrons. The molecule has 1 unspecified atom stereocenters. The van der Waals surface area contributed by atoms with E-state index in [1.165, 1.54) is 22.3 Å². The van der Waals surface area contributed by atoms with E-state index in [4.69, 9.17) is 9.84 Å². The van der Waals surface area contributed by atoms with Crippen molar-refractivity contribution in [3.63, 3.8) is 0 Å². The van der Waals surface area contributed by atoms with Gasteiger partial charge in [-0.2, -0.15) is 0 Å². The van der Waals surface area contributed by atoms with E-state index in [2.05, 4.69) is 34.9 Å². The summed E-state index contributed by atoms with van der Waals surface area (Å²) in [6.07, 6.45) is 3.01. The lowest BCUT2D eigenvalue weighted by Crippen LogP contribution is -2.28. The highest BCUT2D eigenvalue weighted by molar-refractivity contribution is 5.79. The number of aliphatic carboxylic acids is 1. The van der Waals surface area contributed by atoms with Crippen LogP contribution in [0.2, 0.25) is 0 Å². The second-order valence-corrected chi connectivity index (χ2v) is 8.90. The number of carbonyl (C=O) groups excluding carboxylic acids is 2. The van der Waals surface area contributed by atoms with Crippen LogP contribution in [0.1, 0.15) is 62.5 Å². The molecule has 34 heavy (non-hydrogen) atoms. The molecule has 0 aromatic heterocycles. The Hall–Kier alpha value is -3.35. The average molecular weight is 467 g/mol. The first kappa shape index (κ1) is 25.3. The third kappa shape index (κ3) is 7.33. The lowest BCUT2D eigenvalue weighted by Gasteiger charge is -2.14. The Morgan fingerprint density at radius 2 is 1.56 bits per heavy atom. The van der Waals surface area contributed by atoms with E-state index in [9.17, 15) is 14.4 Å². The number of carbonyl (C=O) groups is 3. The van der Waals surface area contributed by atoms with Gasteiger partial charge in [-0.05, 0) is 47.4 Å². The molecule has 3 N–H and O–H groups in total. The van der Waals surface area contributed by atoms with Gasteiger partial charge >= 0.3 is 12.1 Å². The smallest absolute Gasteiger partial charge is 0.407 e. The van der Waals surface area contributed by atoms with Crippen molar-refractivity contribution >= 4 is 18.0 Å². The highest BCUT2D eigenvalue weighted by atomic mass is 16.5. The van der Waals surface area contributed by atoms with Crippen molar-refractivity contribution in [2.24, 2.45) is 5.92 Å². The minimum absolute atomic E-state index is 0.0216. The molecule has 0 saturated heterocycles. The number of hydrogen-bond acceptors (Lipinski definition) is 4. The zero-order valence-corrected chi connectivity index (χ0v) is 19.7. The van der Waals surface area contributed by atoms with Crippen LogP contribution in [0.15, 0.2) is 48.5 Å². The molecule has 3 rings (SSSR count). The Bertz CT molecular complexity index is 945. The second-order valence-electron chi connectivity index (χ2n) is 8.90. The maximum Gasteiger partial charge on any atom is 0.407 e. The monoisotopic (exact) mass is 466 g/mol. The minimum atomic E-state index is -0.815. The van der Waals surface area contributed by atoms with E-state index in [1.807, 2.05) is 31.2 Å². The van der Waals surface area contributed by atoms with E-state index >= 15 is 0 Å². The Morgan fingerprint density at radius 1 is 0.912 bits per heavy atom. The summed E-state index contributed by atoms with van der Waals surface area (Å²) in [5, 5.41) is 14.3. The molecule has 1 aliphatic carbocycles. The van der Waals surface area contributed by atoms with Gasteiger partial charge in [0, 0.05) is 31.8 Å². The number of hydrogen-bond donors (Lipinski definition) is 3. The van der Waals surface area contributed by atoms with Crippen molar-refractivity contribution < 1.29 is 24.2 Å². The summed E-state index contributed by atoms with van der Waals surface area (Å²) in [6, 6.07) is 16.5. The van der Waals surface area contributed by atoms with Crippen molar-refractivity contribution in [2.75, 3.05) is 19.7 Å². The molecular formula is C27H34N2O5. The van der Waals surface area contributed by atoms with Gasteiger partial charge in [-0.3, -0.25) is 9.59 Å². The van der Waals surface area contributed by atoms with Gasteiger partial charge in [0.15, 0.2) is 0 Å². The van der Waals surface area contributed by atoms with E-state index in [0.29, 0.717) is 32.5 Å². The lowest BCUT2D eigenvalue weighted by molar-refractivity contribution is -0.137. The Kier molecular flexibility index (Phi) is 9.50. The number of rotatable bonds is 13. The third-order valence-corrected chi connectivity index (χ3v) is 6.19. The lowest BCUT2D eigenvalue weighted by atomic mass is 9.98. The zero-order chi connectivity index (χ0) is 24.3. The van der Waals surface area contributed by atoms with Crippen molar-refractivity contribution in [1.82, 2.24) is 10.6 Å². The van der Waals surface area contributed by atoms with Gasteiger partial charge in [0.2, 0.25) is 5.91 Å². The van der Waals surface area contributed by atoms with Gasteiger partial charge < -0.3 is 20.5 Å². The van der Waals surface area contributed by atoms with E-state index < -0.39 is 12.1 Å². The molecule has 2 amide bonds. The first-order valence-electron chi connectivity index (χ1n) is 12.0. The fourth-order valence-electron chi connectivity index (χ4n) is 4.28. The minimum Gasteiger partial charge on any atom is -0.481 e. The molecule has 2 aromatic carbocycles. The molecule has 0 saturated carbocycles. The van der Waals surface area contributed by atoms with Crippen molar-refractivity contribution in [3.05, 3.63) is 59.7 Å². The number of carboxylic acids is 1. The second kappa shape index (κ2) is 12.8. The summed E-state index contributed by atoms with van der Waals surface area (Å²) in [4.78, 5) is 34.6. The molecule has 0 aliphatic heterocycles. The summed E-state index contributed by atoms with van der Waals surface area (Å²) in [6.45, 7) is 3.23. The summed E-state index contributed by atoms with van der Waals surface area (Å²) < 4.78 is 5.52. The fraction of sp³-hybridized carbons (Fsp3) is 0.444. The highest BCUT2D eigenvalue weighted by Gasteiger charge is 2.28. The molecule has 1 aliphatic rings. The topological polar surface area (TPSA) is 105 Å². The average Bonchev–Trinajstić information content (AvgIpc) is 3.16. The Morgan fingerprint density at radius 3 is 2.21 bits per heavy atom.